The molecule has 1 aromatic heterocycles. The zero-order valence-corrected chi connectivity index (χ0v) is 15.9. The summed E-state index contributed by atoms with van der Waals surface area (Å²) < 4.78 is 0. The number of piperidine rings is 1. The molecule has 1 aliphatic rings. The van der Waals surface area contributed by atoms with Gasteiger partial charge in [-0.1, -0.05) is 12.1 Å². The fraction of sp³-hybridized carbons (Fsp3) is 0.261. The molecule has 1 amide bonds. The summed E-state index contributed by atoms with van der Waals surface area (Å²) >= 11 is 0. The molecule has 1 N–H and O–H groups in total. The number of rotatable bonds is 3. The molecule has 5 nitrogen and oxygen atoms in total. The molecule has 0 spiro atoms. The van der Waals surface area contributed by atoms with Gasteiger partial charge in [0.2, 0.25) is 0 Å². The SMILES string of the molecule is Cc1cc(-c2cc(-c3ccc(C(=O)N4CCCCC4)cc3)ncn2)ccc1O. The maximum atomic E-state index is 12.6. The zero-order valence-electron chi connectivity index (χ0n) is 15.9. The Morgan fingerprint density at radius 1 is 0.893 bits per heavy atom. The standard InChI is InChI=1S/C23H23N3O2/c1-16-13-19(9-10-22(16)27)21-14-20(24-15-25-21)17-5-7-18(8-6-17)23(28)26-11-3-2-4-12-26/h5-10,13-15,27H,2-4,11-12H2,1H3. The molecular weight excluding hydrogens is 350 g/mol. The van der Waals surface area contributed by atoms with Crippen LogP contribution < -0.4 is 0 Å². The minimum Gasteiger partial charge on any atom is -0.508 e. The highest BCUT2D eigenvalue weighted by Crippen LogP contribution is 2.27. The Kier molecular flexibility index (Phi) is 5.06. The monoisotopic (exact) mass is 373 g/mol. The van der Waals surface area contributed by atoms with Crippen LogP contribution in [0.15, 0.2) is 54.9 Å². The number of likely N-dealkylation sites (tertiary alicyclic amines) is 1. The van der Waals surface area contributed by atoms with E-state index in [9.17, 15) is 9.90 Å². The Morgan fingerprint density at radius 2 is 1.54 bits per heavy atom. The van der Waals surface area contributed by atoms with Crippen LogP contribution in [0, 0.1) is 6.92 Å². The van der Waals surface area contributed by atoms with Crippen molar-refractivity contribution in [2.24, 2.45) is 0 Å². The van der Waals surface area contributed by atoms with Gasteiger partial charge >= 0.3 is 0 Å². The third kappa shape index (κ3) is 3.74. The number of aromatic nitrogens is 2. The van der Waals surface area contributed by atoms with Gasteiger partial charge in [0.1, 0.15) is 12.1 Å². The van der Waals surface area contributed by atoms with Crippen molar-refractivity contribution in [2.75, 3.05) is 13.1 Å². The van der Waals surface area contributed by atoms with Crippen LogP contribution in [0.3, 0.4) is 0 Å². The van der Waals surface area contributed by atoms with Crippen LogP contribution in [0.25, 0.3) is 22.5 Å². The summed E-state index contributed by atoms with van der Waals surface area (Å²) in [6, 6.07) is 15.0. The number of nitrogens with zero attached hydrogens (tertiary/aromatic N) is 3. The van der Waals surface area contributed by atoms with Crippen LogP contribution in [-0.2, 0) is 0 Å². The molecule has 0 bridgehead atoms. The molecule has 0 atom stereocenters. The number of phenolic OH excluding ortho intramolecular Hbond substituents is 1. The second kappa shape index (κ2) is 7.80. The lowest BCUT2D eigenvalue weighted by Gasteiger charge is -2.26. The number of aryl methyl sites for hydroxylation is 1. The molecule has 142 valence electrons. The first-order chi connectivity index (χ1) is 13.6. The van der Waals surface area contributed by atoms with Gasteiger partial charge in [0, 0.05) is 29.8 Å². The number of benzene rings is 2. The largest absolute Gasteiger partial charge is 0.508 e. The predicted molar refractivity (Wildman–Crippen MR) is 109 cm³/mol. The Labute approximate surface area is 164 Å². The second-order valence-corrected chi connectivity index (χ2v) is 7.22. The van der Waals surface area contributed by atoms with Gasteiger partial charge < -0.3 is 10.0 Å². The van der Waals surface area contributed by atoms with E-state index in [0.717, 1.165) is 54.0 Å². The minimum atomic E-state index is 0.106. The third-order valence-corrected chi connectivity index (χ3v) is 5.23. The molecule has 3 aromatic rings. The normalized spacial score (nSPS) is 14.1. The molecule has 28 heavy (non-hydrogen) atoms. The van der Waals surface area contributed by atoms with Crippen LogP contribution in [0.2, 0.25) is 0 Å². The predicted octanol–water partition coefficient (Wildman–Crippen LogP) is 4.45. The zero-order chi connectivity index (χ0) is 19.5. The topological polar surface area (TPSA) is 66.3 Å². The summed E-state index contributed by atoms with van der Waals surface area (Å²) in [5.74, 6) is 0.376. The number of hydrogen-bond acceptors (Lipinski definition) is 4. The number of carbonyl (C=O) groups excluding carboxylic acids is 1. The van der Waals surface area contributed by atoms with Gasteiger partial charge in [-0.3, -0.25) is 4.79 Å². The van der Waals surface area contributed by atoms with E-state index in [2.05, 4.69) is 9.97 Å². The molecular formula is C23H23N3O2. The first kappa shape index (κ1) is 18.2. The Bertz CT molecular complexity index is 993. The summed E-state index contributed by atoms with van der Waals surface area (Å²) in [7, 11) is 0. The molecule has 2 heterocycles. The summed E-state index contributed by atoms with van der Waals surface area (Å²) in [4.78, 5) is 23.3. The van der Waals surface area contributed by atoms with Crippen LogP contribution in [0.5, 0.6) is 5.75 Å². The number of hydrogen-bond donors (Lipinski definition) is 1. The first-order valence-corrected chi connectivity index (χ1v) is 9.63. The third-order valence-electron chi connectivity index (χ3n) is 5.23. The van der Waals surface area contributed by atoms with E-state index in [1.54, 1.807) is 12.4 Å². The lowest BCUT2D eigenvalue weighted by molar-refractivity contribution is 0.0724. The molecule has 1 fully saturated rings. The molecule has 5 heteroatoms. The second-order valence-electron chi connectivity index (χ2n) is 7.22. The smallest absolute Gasteiger partial charge is 0.253 e. The highest BCUT2D eigenvalue weighted by atomic mass is 16.3. The van der Waals surface area contributed by atoms with E-state index >= 15 is 0 Å². The molecule has 0 saturated carbocycles. The summed E-state index contributed by atoms with van der Waals surface area (Å²) in [5, 5.41) is 9.72. The maximum absolute atomic E-state index is 12.6. The highest BCUT2D eigenvalue weighted by molar-refractivity contribution is 5.94. The average molecular weight is 373 g/mol. The molecule has 4 rings (SSSR count). The summed E-state index contributed by atoms with van der Waals surface area (Å²) in [6.45, 7) is 3.56. The molecule has 2 aromatic carbocycles. The summed E-state index contributed by atoms with van der Waals surface area (Å²) in [6.07, 6.45) is 4.92. The minimum absolute atomic E-state index is 0.106. The van der Waals surface area contributed by atoms with Crippen molar-refractivity contribution >= 4 is 5.91 Å². The maximum Gasteiger partial charge on any atom is 0.253 e. The molecule has 0 radical (unpaired) electrons. The fourth-order valence-electron chi connectivity index (χ4n) is 3.55. The van der Waals surface area contributed by atoms with Crippen molar-refractivity contribution in [3.8, 4) is 28.3 Å². The van der Waals surface area contributed by atoms with Crippen molar-refractivity contribution in [1.29, 1.82) is 0 Å². The molecule has 1 aliphatic heterocycles. The van der Waals surface area contributed by atoms with Gasteiger partial charge in [0.25, 0.3) is 5.91 Å². The van der Waals surface area contributed by atoms with Gasteiger partial charge in [-0.05, 0) is 68.1 Å². The quantitative estimate of drug-likeness (QED) is 0.736. The van der Waals surface area contributed by atoms with Crippen molar-refractivity contribution in [1.82, 2.24) is 14.9 Å². The Balaban J connectivity index is 1.57. The van der Waals surface area contributed by atoms with E-state index in [1.807, 2.05) is 54.3 Å². The lowest BCUT2D eigenvalue weighted by atomic mass is 10.0. The van der Waals surface area contributed by atoms with E-state index in [0.29, 0.717) is 5.56 Å². The number of aromatic hydroxyl groups is 1. The Hall–Kier alpha value is -3.21. The highest BCUT2D eigenvalue weighted by Gasteiger charge is 2.18. The van der Waals surface area contributed by atoms with Crippen LogP contribution >= 0.6 is 0 Å². The average Bonchev–Trinajstić information content (AvgIpc) is 2.76. The number of carbonyl (C=O) groups is 1. The molecule has 1 saturated heterocycles. The first-order valence-electron chi connectivity index (χ1n) is 9.63. The van der Waals surface area contributed by atoms with Crippen LogP contribution in [-0.4, -0.2) is 39.0 Å². The summed E-state index contributed by atoms with van der Waals surface area (Å²) in [5.41, 5.74) is 4.98. The van der Waals surface area contributed by atoms with Gasteiger partial charge in [0.05, 0.1) is 11.4 Å². The van der Waals surface area contributed by atoms with E-state index in [-0.39, 0.29) is 11.7 Å². The van der Waals surface area contributed by atoms with Gasteiger partial charge in [-0.25, -0.2) is 9.97 Å². The van der Waals surface area contributed by atoms with Gasteiger partial charge in [-0.15, -0.1) is 0 Å². The lowest BCUT2D eigenvalue weighted by Crippen LogP contribution is -2.35. The van der Waals surface area contributed by atoms with Crippen molar-refractivity contribution in [3.63, 3.8) is 0 Å². The van der Waals surface area contributed by atoms with Crippen molar-refractivity contribution in [2.45, 2.75) is 26.2 Å². The van der Waals surface area contributed by atoms with Crippen LogP contribution in [0.4, 0.5) is 0 Å². The van der Waals surface area contributed by atoms with Gasteiger partial charge in [-0.2, -0.15) is 0 Å². The van der Waals surface area contributed by atoms with Crippen molar-refractivity contribution < 1.29 is 9.90 Å². The van der Waals surface area contributed by atoms with E-state index < -0.39 is 0 Å². The van der Waals surface area contributed by atoms with Crippen molar-refractivity contribution in [3.05, 3.63) is 66.0 Å². The van der Waals surface area contributed by atoms with E-state index in [4.69, 9.17) is 0 Å². The molecule has 0 unspecified atom stereocenters. The number of amides is 1. The van der Waals surface area contributed by atoms with E-state index in [1.165, 1.54) is 6.42 Å². The Morgan fingerprint density at radius 3 is 2.21 bits per heavy atom. The molecule has 0 aliphatic carbocycles. The van der Waals surface area contributed by atoms with Gasteiger partial charge in [0.15, 0.2) is 0 Å². The van der Waals surface area contributed by atoms with Crippen LogP contribution in [0.1, 0.15) is 35.2 Å². The number of phenols is 1. The fourth-order valence-corrected chi connectivity index (χ4v) is 3.55.